The number of para-hydroxylation sites is 1. The summed E-state index contributed by atoms with van der Waals surface area (Å²) in [5.74, 6) is -0.843. The van der Waals surface area contributed by atoms with Gasteiger partial charge >= 0.3 is 0 Å². The lowest BCUT2D eigenvalue weighted by atomic mass is 10.1. The van der Waals surface area contributed by atoms with Gasteiger partial charge in [-0.3, -0.25) is 14.3 Å². The summed E-state index contributed by atoms with van der Waals surface area (Å²) in [7, 11) is -3.79. The maximum absolute atomic E-state index is 12.8. The Balaban J connectivity index is 1.79. The van der Waals surface area contributed by atoms with Crippen LogP contribution in [-0.2, 0) is 10.0 Å². The Morgan fingerprint density at radius 1 is 0.844 bits per heavy atom. The Morgan fingerprint density at radius 2 is 1.50 bits per heavy atom. The predicted molar refractivity (Wildman–Crippen MR) is 126 cm³/mol. The van der Waals surface area contributed by atoms with Crippen molar-refractivity contribution in [2.45, 2.75) is 24.8 Å². The molecule has 3 N–H and O–H groups in total. The molecule has 3 aromatic rings. The van der Waals surface area contributed by atoms with Crippen molar-refractivity contribution in [1.29, 1.82) is 0 Å². The van der Waals surface area contributed by atoms with Crippen LogP contribution in [0.25, 0.3) is 0 Å². The predicted octanol–water partition coefficient (Wildman–Crippen LogP) is 4.53. The highest BCUT2D eigenvalue weighted by Gasteiger charge is 2.18. The first-order chi connectivity index (χ1) is 15.2. The average Bonchev–Trinajstić information content (AvgIpc) is 2.74. The van der Waals surface area contributed by atoms with E-state index in [2.05, 4.69) is 15.4 Å². The quantitative estimate of drug-likeness (QED) is 0.470. The lowest BCUT2D eigenvalue weighted by molar-refractivity contribution is 0.0944. The number of halogens is 1. The first-order valence-electron chi connectivity index (χ1n) is 9.76. The Labute approximate surface area is 191 Å². The van der Waals surface area contributed by atoms with E-state index >= 15 is 0 Å². The van der Waals surface area contributed by atoms with E-state index in [1.807, 2.05) is 13.8 Å². The van der Waals surface area contributed by atoms with E-state index in [-0.39, 0.29) is 33.1 Å². The van der Waals surface area contributed by atoms with Gasteiger partial charge in [0.2, 0.25) is 0 Å². The van der Waals surface area contributed by atoms with Crippen LogP contribution in [0.3, 0.4) is 0 Å². The molecule has 0 unspecified atom stereocenters. The van der Waals surface area contributed by atoms with Gasteiger partial charge in [0.15, 0.2) is 0 Å². The van der Waals surface area contributed by atoms with E-state index in [0.29, 0.717) is 11.3 Å². The summed E-state index contributed by atoms with van der Waals surface area (Å²) >= 11 is 6.26. The fourth-order valence-electron chi connectivity index (χ4n) is 2.90. The molecule has 2 amide bonds. The van der Waals surface area contributed by atoms with Gasteiger partial charge in [-0.15, -0.1) is 0 Å². The maximum Gasteiger partial charge on any atom is 0.261 e. The molecule has 0 spiro atoms. The van der Waals surface area contributed by atoms with Crippen molar-refractivity contribution in [2.75, 3.05) is 10.0 Å². The van der Waals surface area contributed by atoms with Crippen molar-refractivity contribution in [3.63, 3.8) is 0 Å². The molecule has 3 rings (SSSR count). The first kappa shape index (κ1) is 23.3. The lowest BCUT2D eigenvalue weighted by Crippen LogP contribution is -2.31. The largest absolute Gasteiger partial charge is 0.350 e. The molecule has 0 fully saturated rings. The normalized spacial score (nSPS) is 11.1. The molecule has 3 aromatic carbocycles. The van der Waals surface area contributed by atoms with Crippen molar-refractivity contribution < 1.29 is 18.0 Å². The van der Waals surface area contributed by atoms with E-state index in [1.54, 1.807) is 42.5 Å². The van der Waals surface area contributed by atoms with Gasteiger partial charge in [0.05, 0.1) is 32.4 Å². The zero-order valence-corrected chi connectivity index (χ0v) is 19.0. The van der Waals surface area contributed by atoms with Crippen molar-refractivity contribution >= 4 is 44.8 Å². The molecule has 32 heavy (non-hydrogen) atoms. The number of sulfonamides is 1. The van der Waals surface area contributed by atoms with Crippen LogP contribution in [-0.4, -0.2) is 26.3 Å². The summed E-state index contributed by atoms with van der Waals surface area (Å²) in [4.78, 5) is 25.3. The van der Waals surface area contributed by atoms with Gasteiger partial charge in [-0.2, -0.15) is 0 Å². The number of carbonyl (C=O) groups is 2. The zero-order chi connectivity index (χ0) is 23.3. The van der Waals surface area contributed by atoms with Crippen LogP contribution in [0.2, 0.25) is 5.02 Å². The second kappa shape index (κ2) is 9.84. The van der Waals surface area contributed by atoms with E-state index in [1.165, 1.54) is 30.3 Å². The number of nitrogens with one attached hydrogen (secondary N) is 3. The van der Waals surface area contributed by atoms with Crippen molar-refractivity contribution in [3.05, 3.63) is 88.9 Å². The number of amides is 2. The van der Waals surface area contributed by atoms with Crippen LogP contribution >= 0.6 is 11.6 Å². The van der Waals surface area contributed by atoms with Crippen molar-refractivity contribution in [1.82, 2.24) is 5.32 Å². The minimum absolute atomic E-state index is 0.0554. The van der Waals surface area contributed by atoms with Crippen LogP contribution in [0.5, 0.6) is 0 Å². The molecule has 0 radical (unpaired) electrons. The molecular weight excluding hydrogens is 450 g/mol. The van der Waals surface area contributed by atoms with Gasteiger partial charge in [0, 0.05) is 6.04 Å². The third-order valence-corrected chi connectivity index (χ3v) is 6.07. The van der Waals surface area contributed by atoms with Crippen molar-refractivity contribution in [2.24, 2.45) is 0 Å². The minimum Gasteiger partial charge on any atom is -0.350 e. The number of carbonyl (C=O) groups excluding carboxylic acids is 2. The topological polar surface area (TPSA) is 104 Å². The molecule has 9 heteroatoms. The summed E-state index contributed by atoms with van der Waals surface area (Å²) in [5.41, 5.74) is 0.999. The smallest absolute Gasteiger partial charge is 0.261 e. The van der Waals surface area contributed by atoms with Gasteiger partial charge in [-0.1, -0.05) is 41.9 Å². The van der Waals surface area contributed by atoms with Gasteiger partial charge in [0.25, 0.3) is 21.8 Å². The third kappa shape index (κ3) is 5.66. The molecule has 0 aliphatic rings. The van der Waals surface area contributed by atoms with E-state index < -0.39 is 15.9 Å². The standard InChI is InChI=1S/C23H22ClN3O4S/c1-15(2)25-23(29)19-10-6-7-11-21(19)26-22(28)18-13-12-16(14-20(18)24)27-32(30,31)17-8-4-3-5-9-17/h3-15,27H,1-2H3,(H,25,29)(H,26,28). The van der Waals surface area contributed by atoms with Crippen molar-refractivity contribution in [3.8, 4) is 0 Å². The fraction of sp³-hybridized carbons (Fsp3) is 0.130. The summed E-state index contributed by atoms with van der Waals surface area (Å²) in [6, 6.07) is 18.7. The number of hydrogen-bond acceptors (Lipinski definition) is 4. The second-order valence-electron chi connectivity index (χ2n) is 7.24. The van der Waals surface area contributed by atoms with Crippen LogP contribution in [0.1, 0.15) is 34.6 Å². The highest BCUT2D eigenvalue weighted by molar-refractivity contribution is 7.92. The molecule has 0 bridgehead atoms. The Kier molecular flexibility index (Phi) is 7.17. The van der Waals surface area contributed by atoms with Gasteiger partial charge in [-0.25, -0.2) is 8.42 Å². The SMILES string of the molecule is CC(C)NC(=O)c1ccccc1NC(=O)c1ccc(NS(=O)(=O)c2ccccc2)cc1Cl. The van der Waals surface area contributed by atoms with Gasteiger partial charge < -0.3 is 10.6 Å². The summed E-state index contributed by atoms with van der Waals surface area (Å²) in [5, 5.41) is 5.53. The number of hydrogen-bond donors (Lipinski definition) is 3. The highest BCUT2D eigenvalue weighted by atomic mass is 35.5. The van der Waals surface area contributed by atoms with Gasteiger partial charge in [-0.05, 0) is 56.3 Å². The summed E-state index contributed by atoms with van der Waals surface area (Å²) < 4.78 is 27.4. The summed E-state index contributed by atoms with van der Waals surface area (Å²) in [6.45, 7) is 3.68. The van der Waals surface area contributed by atoms with Gasteiger partial charge in [0.1, 0.15) is 0 Å². The van der Waals surface area contributed by atoms with Crippen LogP contribution in [0, 0.1) is 0 Å². The number of anilines is 2. The molecule has 0 aliphatic heterocycles. The first-order valence-corrected chi connectivity index (χ1v) is 11.6. The Hall–Kier alpha value is -3.36. The molecule has 0 saturated heterocycles. The monoisotopic (exact) mass is 471 g/mol. The number of benzene rings is 3. The molecule has 0 heterocycles. The molecular formula is C23H22ClN3O4S. The molecule has 0 atom stereocenters. The molecule has 0 aromatic heterocycles. The summed E-state index contributed by atoms with van der Waals surface area (Å²) in [6.07, 6.45) is 0. The highest BCUT2D eigenvalue weighted by Crippen LogP contribution is 2.25. The number of rotatable bonds is 7. The molecule has 7 nitrogen and oxygen atoms in total. The Morgan fingerprint density at radius 3 is 2.16 bits per heavy atom. The van der Waals surface area contributed by atoms with Crippen LogP contribution in [0.15, 0.2) is 77.7 Å². The fourth-order valence-corrected chi connectivity index (χ4v) is 4.23. The second-order valence-corrected chi connectivity index (χ2v) is 9.33. The minimum atomic E-state index is -3.79. The average molecular weight is 472 g/mol. The molecule has 0 aliphatic carbocycles. The van der Waals surface area contributed by atoms with E-state index in [4.69, 9.17) is 11.6 Å². The molecule has 166 valence electrons. The molecule has 0 saturated carbocycles. The zero-order valence-electron chi connectivity index (χ0n) is 17.4. The van der Waals surface area contributed by atoms with Crippen LogP contribution < -0.4 is 15.4 Å². The third-order valence-electron chi connectivity index (χ3n) is 4.36. The van der Waals surface area contributed by atoms with Crippen LogP contribution in [0.4, 0.5) is 11.4 Å². The maximum atomic E-state index is 12.8. The van der Waals surface area contributed by atoms with E-state index in [0.717, 1.165) is 0 Å². The van der Waals surface area contributed by atoms with E-state index in [9.17, 15) is 18.0 Å². The lowest BCUT2D eigenvalue weighted by Gasteiger charge is -2.14. The Bertz CT molecular complexity index is 1250.